The quantitative estimate of drug-likeness (QED) is 0.442. The minimum atomic E-state index is 0.551. The SMILES string of the molecule is Clc1c(NCCN2CCNCC2)cnc2oc(-c3ccccc3)c(-c3ccccc3)c12. The van der Waals surface area contributed by atoms with E-state index in [4.69, 9.17) is 16.0 Å². The highest BCUT2D eigenvalue weighted by Gasteiger charge is 2.22. The van der Waals surface area contributed by atoms with Crippen LogP contribution in [-0.4, -0.2) is 49.2 Å². The van der Waals surface area contributed by atoms with Gasteiger partial charge in [-0.2, -0.15) is 0 Å². The third-order valence-corrected chi connectivity index (χ3v) is 6.10. The third-order valence-electron chi connectivity index (χ3n) is 5.71. The predicted octanol–water partition coefficient (Wildman–Crippen LogP) is 5.13. The van der Waals surface area contributed by atoms with E-state index in [1.54, 1.807) is 6.20 Å². The minimum absolute atomic E-state index is 0.551. The van der Waals surface area contributed by atoms with E-state index in [0.717, 1.165) is 72.8 Å². The summed E-state index contributed by atoms with van der Waals surface area (Å²) in [5, 5.41) is 8.36. The summed E-state index contributed by atoms with van der Waals surface area (Å²) in [4.78, 5) is 7.05. The van der Waals surface area contributed by atoms with Crippen molar-refractivity contribution in [2.75, 3.05) is 44.6 Å². The van der Waals surface area contributed by atoms with Crippen LogP contribution in [0, 0.1) is 0 Å². The van der Waals surface area contributed by atoms with Gasteiger partial charge in [0.05, 0.1) is 22.3 Å². The number of fused-ring (bicyclic) bond motifs is 1. The predicted molar refractivity (Wildman–Crippen MR) is 128 cm³/mol. The molecule has 0 aliphatic carbocycles. The highest BCUT2D eigenvalue weighted by Crippen LogP contribution is 2.44. The maximum Gasteiger partial charge on any atom is 0.228 e. The van der Waals surface area contributed by atoms with Crippen molar-refractivity contribution in [3.05, 3.63) is 71.9 Å². The van der Waals surface area contributed by atoms with E-state index < -0.39 is 0 Å². The molecule has 0 bridgehead atoms. The van der Waals surface area contributed by atoms with E-state index in [9.17, 15) is 0 Å². The molecule has 0 spiro atoms. The van der Waals surface area contributed by atoms with E-state index in [0.29, 0.717) is 10.7 Å². The second-order valence-electron chi connectivity index (χ2n) is 7.72. The molecule has 31 heavy (non-hydrogen) atoms. The average molecular weight is 433 g/mol. The molecule has 0 unspecified atom stereocenters. The number of nitrogens with zero attached hydrogens (tertiary/aromatic N) is 2. The molecule has 0 amide bonds. The van der Waals surface area contributed by atoms with Crippen molar-refractivity contribution in [2.45, 2.75) is 0 Å². The van der Waals surface area contributed by atoms with E-state index in [2.05, 4.69) is 32.7 Å². The standard InChI is InChI=1S/C25H25ClN4O/c26-23-20(28-13-16-30-14-11-27-12-15-30)17-29-25-22(23)21(18-7-3-1-4-8-18)24(31-25)19-9-5-2-6-10-19/h1-10,17,27-28H,11-16H2. The van der Waals surface area contributed by atoms with Crippen LogP contribution in [-0.2, 0) is 0 Å². The zero-order chi connectivity index (χ0) is 21.0. The van der Waals surface area contributed by atoms with Gasteiger partial charge < -0.3 is 15.1 Å². The van der Waals surface area contributed by atoms with Gasteiger partial charge in [0.15, 0.2) is 0 Å². The number of hydrogen-bond donors (Lipinski definition) is 2. The summed E-state index contributed by atoms with van der Waals surface area (Å²) < 4.78 is 6.24. The van der Waals surface area contributed by atoms with Gasteiger partial charge in [0.25, 0.3) is 0 Å². The number of furan rings is 1. The lowest BCUT2D eigenvalue weighted by Gasteiger charge is -2.27. The van der Waals surface area contributed by atoms with Crippen molar-refractivity contribution in [3.63, 3.8) is 0 Å². The van der Waals surface area contributed by atoms with Crippen LogP contribution in [0.2, 0.25) is 5.02 Å². The molecule has 2 aromatic heterocycles. The van der Waals surface area contributed by atoms with E-state index in [1.165, 1.54) is 0 Å². The van der Waals surface area contributed by atoms with Gasteiger partial charge in [-0.3, -0.25) is 4.90 Å². The summed E-state index contributed by atoms with van der Waals surface area (Å²) in [7, 11) is 0. The zero-order valence-corrected chi connectivity index (χ0v) is 18.0. The second-order valence-corrected chi connectivity index (χ2v) is 8.10. The summed E-state index contributed by atoms with van der Waals surface area (Å²) in [6.07, 6.45) is 1.77. The minimum Gasteiger partial charge on any atom is -0.437 e. The van der Waals surface area contributed by atoms with Gasteiger partial charge in [-0.05, 0) is 5.56 Å². The molecular formula is C25H25ClN4O. The van der Waals surface area contributed by atoms with Crippen molar-refractivity contribution < 1.29 is 4.42 Å². The Balaban J connectivity index is 1.53. The molecule has 1 saturated heterocycles. The van der Waals surface area contributed by atoms with Gasteiger partial charge in [-0.25, -0.2) is 4.98 Å². The van der Waals surface area contributed by atoms with Gasteiger partial charge in [0.1, 0.15) is 5.76 Å². The average Bonchev–Trinajstić information content (AvgIpc) is 3.23. The van der Waals surface area contributed by atoms with Gasteiger partial charge in [0.2, 0.25) is 5.71 Å². The molecule has 1 aliphatic heterocycles. The number of hydrogen-bond acceptors (Lipinski definition) is 5. The summed E-state index contributed by atoms with van der Waals surface area (Å²) in [5.41, 5.74) is 4.42. The lowest BCUT2D eigenvalue weighted by Crippen LogP contribution is -2.45. The van der Waals surface area contributed by atoms with Gasteiger partial charge in [0, 0.05) is 50.4 Å². The number of pyridine rings is 1. The Hall–Kier alpha value is -2.86. The van der Waals surface area contributed by atoms with Crippen LogP contribution in [0.25, 0.3) is 33.6 Å². The number of rotatable bonds is 6. The van der Waals surface area contributed by atoms with Crippen molar-refractivity contribution in [3.8, 4) is 22.5 Å². The summed E-state index contributed by atoms with van der Waals surface area (Å²) in [6.45, 7) is 6.04. The molecule has 1 fully saturated rings. The molecule has 5 rings (SSSR count). The lowest BCUT2D eigenvalue weighted by atomic mass is 9.99. The number of piperazine rings is 1. The van der Waals surface area contributed by atoms with Crippen LogP contribution in [0.5, 0.6) is 0 Å². The molecule has 2 N–H and O–H groups in total. The normalized spacial score (nSPS) is 14.7. The Morgan fingerprint density at radius 3 is 2.35 bits per heavy atom. The number of anilines is 1. The molecule has 0 atom stereocenters. The molecule has 1 aliphatic rings. The third kappa shape index (κ3) is 4.17. The Kier molecular flexibility index (Phi) is 5.89. The smallest absolute Gasteiger partial charge is 0.228 e. The fraction of sp³-hybridized carbons (Fsp3) is 0.240. The van der Waals surface area contributed by atoms with Crippen LogP contribution in [0.3, 0.4) is 0 Å². The van der Waals surface area contributed by atoms with Gasteiger partial charge >= 0.3 is 0 Å². The topological polar surface area (TPSA) is 53.3 Å². The van der Waals surface area contributed by atoms with Crippen LogP contribution in [0.15, 0.2) is 71.3 Å². The first-order valence-corrected chi connectivity index (χ1v) is 11.1. The van der Waals surface area contributed by atoms with E-state index >= 15 is 0 Å². The molecule has 0 radical (unpaired) electrons. The Bertz CT molecular complexity index is 1150. The zero-order valence-electron chi connectivity index (χ0n) is 17.3. The molecular weight excluding hydrogens is 408 g/mol. The monoisotopic (exact) mass is 432 g/mol. The van der Waals surface area contributed by atoms with Crippen molar-refractivity contribution in [1.29, 1.82) is 0 Å². The lowest BCUT2D eigenvalue weighted by molar-refractivity contribution is 0.249. The molecule has 5 nitrogen and oxygen atoms in total. The summed E-state index contributed by atoms with van der Waals surface area (Å²) in [5.74, 6) is 0.786. The molecule has 2 aromatic carbocycles. The number of nitrogens with one attached hydrogen (secondary N) is 2. The van der Waals surface area contributed by atoms with Crippen molar-refractivity contribution in [1.82, 2.24) is 15.2 Å². The fourth-order valence-electron chi connectivity index (χ4n) is 4.11. The van der Waals surface area contributed by atoms with Crippen LogP contribution >= 0.6 is 11.6 Å². The number of benzene rings is 2. The van der Waals surface area contributed by atoms with Crippen LogP contribution in [0.1, 0.15) is 0 Å². The maximum atomic E-state index is 6.93. The first kappa shape index (κ1) is 20.1. The largest absolute Gasteiger partial charge is 0.437 e. The Labute approximate surface area is 187 Å². The van der Waals surface area contributed by atoms with Crippen LogP contribution < -0.4 is 10.6 Å². The molecule has 0 saturated carbocycles. The highest BCUT2D eigenvalue weighted by atomic mass is 35.5. The van der Waals surface area contributed by atoms with Gasteiger partial charge in [-0.1, -0.05) is 72.3 Å². The molecule has 158 valence electrons. The summed E-state index contributed by atoms with van der Waals surface area (Å²) in [6, 6.07) is 20.3. The highest BCUT2D eigenvalue weighted by molar-refractivity contribution is 6.39. The molecule has 3 heterocycles. The summed E-state index contributed by atoms with van der Waals surface area (Å²) >= 11 is 6.93. The Morgan fingerprint density at radius 2 is 1.65 bits per heavy atom. The van der Waals surface area contributed by atoms with Crippen molar-refractivity contribution >= 4 is 28.4 Å². The fourth-order valence-corrected chi connectivity index (χ4v) is 4.40. The van der Waals surface area contributed by atoms with Crippen LogP contribution in [0.4, 0.5) is 5.69 Å². The first-order valence-electron chi connectivity index (χ1n) is 10.7. The van der Waals surface area contributed by atoms with Gasteiger partial charge in [-0.15, -0.1) is 0 Å². The van der Waals surface area contributed by atoms with Crippen molar-refractivity contribution in [2.24, 2.45) is 0 Å². The number of halogens is 1. The second kappa shape index (κ2) is 9.10. The molecule has 6 heteroatoms. The number of aromatic nitrogens is 1. The van der Waals surface area contributed by atoms with E-state index in [1.807, 2.05) is 48.5 Å². The first-order chi connectivity index (χ1) is 15.3. The van der Waals surface area contributed by atoms with E-state index in [-0.39, 0.29) is 0 Å². The maximum absolute atomic E-state index is 6.93. The Morgan fingerprint density at radius 1 is 0.968 bits per heavy atom. The molecule has 4 aromatic rings.